The van der Waals surface area contributed by atoms with Crippen LogP contribution in [-0.2, 0) is 4.79 Å². The number of carbonyl (C=O) groups excluding carboxylic acids is 1. The number of nitrogens with one attached hydrogen (secondary N) is 1. The van der Waals surface area contributed by atoms with Gasteiger partial charge >= 0.3 is 0 Å². The van der Waals surface area contributed by atoms with E-state index >= 15 is 0 Å². The van der Waals surface area contributed by atoms with E-state index in [1.54, 1.807) is 11.8 Å². The number of thiocarbonyl (C=S) groups is 1. The van der Waals surface area contributed by atoms with Crippen molar-refractivity contribution in [1.29, 1.82) is 0 Å². The first-order valence-electron chi connectivity index (χ1n) is 5.75. The molecule has 1 aromatic rings. The van der Waals surface area contributed by atoms with Crippen LogP contribution in [0.25, 0.3) is 0 Å². The highest BCUT2D eigenvalue weighted by Crippen LogP contribution is 2.39. The molecule has 1 aliphatic rings. The molecule has 96 valence electrons. The third-order valence-electron chi connectivity index (χ3n) is 3.07. The highest BCUT2D eigenvalue weighted by Gasteiger charge is 2.33. The number of fused-ring (bicyclic) bond motifs is 1. The summed E-state index contributed by atoms with van der Waals surface area (Å²) in [5.41, 5.74) is 6.08. The Morgan fingerprint density at radius 2 is 2.17 bits per heavy atom. The Labute approximate surface area is 117 Å². The van der Waals surface area contributed by atoms with Gasteiger partial charge < -0.3 is 11.1 Å². The zero-order valence-electron chi connectivity index (χ0n) is 10.4. The number of hydrogen-bond acceptors (Lipinski definition) is 3. The molecular weight excluding hydrogens is 264 g/mol. The fraction of sp³-hybridized carbons (Fsp3) is 0.385. The predicted octanol–water partition coefficient (Wildman–Crippen LogP) is 2.06. The van der Waals surface area contributed by atoms with Crippen molar-refractivity contribution in [2.75, 3.05) is 5.75 Å². The average molecular weight is 280 g/mol. The molecule has 1 unspecified atom stereocenters. The van der Waals surface area contributed by atoms with Crippen LogP contribution in [0.3, 0.4) is 0 Å². The van der Waals surface area contributed by atoms with Crippen molar-refractivity contribution in [2.24, 2.45) is 5.73 Å². The van der Waals surface area contributed by atoms with Crippen LogP contribution in [0.4, 0.5) is 0 Å². The van der Waals surface area contributed by atoms with Gasteiger partial charge in [-0.1, -0.05) is 30.4 Å². The van der Waals surface area contributed by atoms with Gasteiger partial charge in [-0.2, -0.15) is 0 Å². The van der Waals surface area contributed by atoms with E-state index in [2.05, 4.69) is 5.32 Å². The minimum Gasteiger partial charge on any atom is -0.391 e. The van der Waals surface area contributed by atoms with Crippen molar-refractivity contribution in [3.63, 3.8) is 0 Å². The summed E-state index contributed by atoms with van der Waals surface area (Å²) in [7, 11) is 0. The third-order valence-corrected chi connectivity index (χ3v) is 4.76. The molecule has 0 fully saturated rings. The molecule has 1 heterocycles. The molecule has 2 rings (SSSR count). The van der Waals surface area contributed by atoms with Crippen molar-refractivity contribution >= 4 is 34.9 Å². The molecule has 0 saturated heterocycles. The Morgan fingerprint density at radius 3 is 2.83 bits per heavy atom. The molecule has 0 saturated carbocycles. The number of carbonyl (C=O) groups is 1. The second-order valence-electron chi connectivity index (χ2n) is 4.88. The van der Waals surface area contributed by atoms with Gasteiger partial charge in [0.05, 0.1) is 16.4 Å². The lowest BCUT2D eigenvalue weighted by Crippen LogP contribution is -2.53. The predicted molar refractivity (Wildman–Crippen MR) is 78.9 cm³/mol. The van der Waals surface area contributed by atoms with Crippen LogP contribution in [-0.4, -0.2) is 22.2 Å². The molecule has 1 amide bonds. The molecule has 3 N–H and O–H groups in total. The normalized spacial score (nSPS) is 18.2. The topological polar surface area (TPSA) is 55.1 Å². The Kier molecular flexibility index (Phi) is 3.64. The van der Waals surface area contributed by atoms with E-state index in [-0.39, 0.29) is 11.8 Å². The zero-order chi connectivity index (χ0) is 13.3. The van der Waals surface area contributed by atoms with Crippen LogP contribution in [0.5, 0.6) is 0 Å². The average Bonchev–Trinajstić information content (AvgIpc) is 2.71. The van der Waals surface area contributed by atoms with Crippen LogP contribution in [0, 0.1) is 0 Å². The molecule has 0 aromatic heterocycles. The van der Waals surface area contributed by atoms with Gasteiger partial charge in [0.2, 0.25) is 5.91 Å². The third kappa shape index (κ3) is 2.52. The summed E-state index contributed by atoms with van der Waals surface area (Å²) in [6, 6.07) is 8.01. The lowest BCUT2D eigenvalue weighted by atomic mass is 9.98. The molecular formula is C13H16N2OS2. The number of thioether (sulfide) groups is 1. The van der Waals surface area contributed by atoms with Gasteiger partial charge in [-0.25, -0.2) is 0 Å². The molecule has 1 aromatic carbocycles. The number of amides is 1. The van der Waals surface area contributed by atoms with Gasteiger partial charge in [-0.15, -0.1) is 11.8 Å². The van der Waals surface area contributed by atoms with Gasteiger partial charge in [0.25, 0.3) is 0 Å². The van der Waals surface area contributed by atoms with Gasteiger partial charge in [0.15, 0.2) is 0 Å². The highest BCUT2D eigenvalue weighted by atomic mass is 32.2. The Balaban J connectivity index is 2.15. The van der Waals surface area contributed by atoms with Crippen molar-refractivity contribution in [3.05, 3.63) is 29.8 Å². The maximum atomic E-state index is 12.3. The van der Waals surface area contributed by atoms with Crippen molar-refractivity contribution in [2.45, 2.75) is 30.2 Å². The summed E-state index contributed by atoms with van der Waals surface area (Å²) >= 11 is 6.67. The van der Waals surface area contributed by atoms with Crippen molar-refractivity contribution in [3.8, 4) is 0 Å². The Hall–Kier alpha value is -1.07. The van der Waals surface area contributed by atoms with E-state index in [0.29, 0.717) is 4.99 Å². The van der Waals surface area contributed by atoms with Gasteiger partial charge in [-0.05, 0) is 25.5 Å². The molecule has 0 aliphatic carbocycles. The molecule has 3 nitrogen and oxygen atoms in total. The first kappa shape index (κ1) is 13.4. The molecule has 0 spiro atoms. The maximum absolute atomic E-state index is 12.3. The van der Waals surface area contributed by atoms with E-state index in [9.17, 15) is 4.79 Å². The standard InChI is InChI=1S/C13H16N2OS2/c1-13(2,12(14)17)15-11(16)9-7-18-10-6-4-3-5-8(9)10/h3-6,9H,7H2,1-2H3,(H2,14,17)(H,15,16). The van der Waals surface area contributed by atoms with E-state index < -0.39 is 5.54 Å². The van der Waals surface area contributed by atoms with Crippen LogP contribution >= 0.6 is 24.0 Å². The summed E-state index contributed by atoms with van der Waals surface area (Å²) < 4.78 is 0. The molecule has 0 radical (unpaired) electrons. The van der Waals surface area contributed by atoms with Crippen LogP contribution in [0.1, 0.15) is 25.3 Å². The Bertz CT molecular complexity index is 500. The largest absolute Gasteiger partial charge is 0.391 e. The number of rotatable bonds is 3. The fourth-order valence-corrected chi connectivity index (χ4v) is 3.12. The first-order valence-corrected chi connectivity index (χ1v) is 7.15. The van der Waals surface area contributed by atoms with Crippen molar-refractivity contribution in [1.82, 2.24) is 5.32 Å². The number of benzene rings is 1. The molecule has 18 heavy (non-hydrogen) atoms. The lowest BCUT2D eigenvalue weighted by molar-refractivity contribution is -0.123. The van der Waals surface area contributed by atoms with Gasteiger partial charge in [0, 0.05) is 10.6 Å². The lowest BCUT2D eigenvalue weighted by Gasteiger charge is -2.26. The second-order valence-corrected chi connectivity index (χ2v) is 6.38. The Morgan fingerprint density at radius 1 is 1.50 bits per heavy atom. The summed E-state index contributed by atoms with van der Waals surface area (Å²) in [6.45, 7) is 3.64. The van der Waals surface area contributed by atoms with E-state index in [1.807, 2.05) is 38.1 Å². The minimum atomic E-state index is -0.644. The minimum absolute atomic E-state index is 0.00903. The SMILES string of the molecule is CC(C)(NC(=O)C1CSc2ccccc21)C(N)=S. The van der Waals surface area contributed by atoms with E-state index in [0.717, 1.165) is 11.3 Å². The summed E-state index contributed by atoms with van der Waals surface area (Å²) in [5, 5.41) is 2.92. The zero-order valence-corrected chi connectivity index (χ0v) is 12.0. The summed E-state index contributed by atoms with van der Waals surface area (Å²) in [6.07, 6.45) is 0. The van der Waals surface area contributed by atoms with Crippen molar-refractivity contribution < 1.29 is 4.79 Å². The molecule has 0 bridgehead atoms. The van der Waals surface area contributed by atoms with Gasteiger partial charge in [0.1, 0.15) is 0 Å². The smallest absolute Gasteiger partial charge is 0.229 e. The van der Waals surface area contributed by atoms with E-state index in [4.69, 9.17) is 18.0 Å². The summed E-state index contributed by atoms with van der Waals surface area (Å²) in [5.74, 6) is 0.656. The first-order chi connectivity index (χ1) is 8.42. The monoisotopic (exact) mass is 280 g/mol. The highest BCUT2D eigenvalue weighted by molar-refractivity contribution is 7.99. The second kappa shape index (κ2) is 4.90. The molecule has 5 heteroatoms. The summed E-state index contributed by atoms with van der Waals surface area (Å²) in [4.78, 5) is 13.8. The fourth-order valence-electron chi connectivity index (χ4n) is 1.84. The van der Waals surface area contributed by atoms with Crippen LogP contribution < -0.4 is 11.1 Å². The van der Waals surface area contributed by atoms with Crippen LogP contribution in [0.15, 0.2) is 29.2 Å². The quantitative estimate of drug-likeness (QED) is 0.832. The molecule has 1 atom stereocenters. The number of nitrogens with two attached hydrogens (primary N) is 1. The van der Waals surface area contributed by atoms with Gasteiger partial charge in [-0.3, -0.25) is 4.79 Å². The van der Waals surface area contributed by atoms with E-state index in [1.165, 1.54) is 4.90 Å². The number of hydrogen-bond donors (Lipinski definition) is 2. The van der Waals surface area contributed by atoms with Crippen LogP contribution in [0.2, 0.25) is 0 Å². The molecule has 1 aliphatic heterocycles. The maximum Gasteiger partial charge on any atom is 0.229 e.